The second-order valence-electron chi connectivity index (χ2n) is 10.3. The van der Waals surface area contributed by atoms with Crippen LogP contribution in [0.1, 0.15) is 58.3 Å². The van der Waals surface area contributed by atoms with Gasteiger partial charge in [0, 0.05) is 21.0 Å². The average molecular weight is 555 g/mol. The Morgan fingerprint density at radius 3 is 2.53 bits per heavy atom. The quantitative estimate of drug-likeness (QED) is 0.248. The number of nitrogens with one attached hydrogen (secondary N) is 2. The Bertz CT molecular complexity index is 1350. The van der Waals surface area contributed by atoms with Gasteiger partial charge in [0.25, 0.3) is 5.91 Å². The molecule has 4 rings (SSSR count). The second-order valence-corrected chi connectivity index (χ2v) is 12.5. The van der Waals surface area contributed by atoms with Crippen molar-refractivity contribution in [3.05, 3.63) is 75.9 Å². The van der Waals surface area contributed by atoms with Crippen LogP contribution in [0.2, 0.25) is 0 Å². The molecule has 1 aromatic heterocycles. The fraction of sp³-hybridized carbons (Fsp3) is 0.345. The number of anilines is 2. The van der Waals surface area contributed by atoms with Crippen LogP contribution in [0.4, 0.5) is 15.1 Å². The fourth-order valence-corrected chi connectivity index (χ4v) is 6.60. The number of ether oxygens (including phenoxy) is 1. The number of methoxy groups -OCH3 is 1. The molecule has 2 amide bonds. The Labute approximate surface area is 230 Å². The molecule has 1 aliphatic carbocycles. The first-order chi connectivity index (χ1) is 18.0. The Morgan fingerprint density at radius 1 is 1.11 bits per heavy atom. The van der Waals surface area contributed by atoms with Crippen LogP contribution in [-0.2, 0) is 22.4 Å². The largest absolute Gasteiger partial charge is 0.465 e. The Balaban J connectivity index is 1.41. The van der Waals surface area contributed by atoms with E-state index in [-0.39, 0.29) is 23.0 Å². The summed E-state index contributed by atoms with van der Waals surface area (Å²) in [6.07, 6.45) is 2.67. The van der Waals surface area contributed by atoms with Crippen molar-refractivity contribution >= 4 is 51.6 Å². The highest BCUT2D eigenvalue weighted by atomic mass is 32.2. The smallest absolute Gasteiger partial charge is 0.341 e. The minimum atomic E-state index is -0.427. The van der Waals surface area contributed by atoms with Gasteiger partial charge >= 0.3 is 5.97 Å². The van der Waals surface area contributed by atoms with Crippen molar-refractivity contribution in [2.45, 2.75) is 44.9 Å². The van der Waals surface area contributed by atoms with Gasteiger partial charge in [-0.2, -0.15) is 0 Å². The number of benzene rings is 2. The van der Waals surface area contributed by atoms with Crippen LogP contribution in [-0.4, -0.2) is 30.6 Å². The standard InChI is InChI=1S/C29H31FN2O4S2/c1-29(2,3)18-10-13-22-23(14-18)38-27(25(22)28(35)36-4)32-24(33)16-37-21-7-5-6-20(15-21)31-26(34)17-8-11-19(30)12-9-17/h5-9,11-12,15,18H,10,13-14,16H2,1-4H3,(H,31,34)(H,32,33). The summed E-state index contributed by atoms with van der Waals surface area (Å²) in [6, 6.07) is 12.5. The first kappa shape index (κ1) is 27.9. The maximum absolute atomic E-state index is 13.1. The number of hydrogen-bond donors (Lipinski definition) is 2. The number of fused-ring (bicyclic) bond motifs is 1. The molecule has 1 aliphatic rings. The maximum atomic E-state index is 13.1. The van der Waals surface area contributed by atoms with Gasteiger partial charge < -0.3 is 15.4 Å². The molecule has 9 heteroatoms. The monoisotopic (exact) mass is 554 g/mol. The predicted molar refractivity (Wildman–Crippen MR) is 151 cm³/mol. The molecule has 0 bridgehead atoms. The van der Waals surface area contributed by atoms with Crippen molar-refractivity contribution in [2.24, 2.45) is 11.3 Å². The van der Waals surface area contributed by atoms with Gasteiger partial charge in [-0.25, -0.2) is 9.18 Å². The van der Waals surface area contributed by atoms with E-state index in [0.29, 0.717) is 27.7 Å². The van der Waals surface area contributed by atoms with Crippen molar-refractivity contribution in [1.29, 1.82) is 0 Å². The van der Waals surface area contributed by atoms with Gasteiger partial charge in [0.15, 0.2) is 0 Å². The molecule has 2 aromatic carbocycles. The number of carbonyl (C=O) groups is 3. The molecule has 0 radical (unpaired) electrons. The van der Waals surface area contributed by atoms with Crippen LogP contribution < -0.4 is 10.6 Å². The van der Waals surface area contributed by atoms with Gasteiger partial charge in [-0.3, -0.25) is 9.59 Å². The van der Waals surface area contributed by atoms with Gasteiger partial charge in [-0.1, -0.05) is 26.8 Å². The molecule has 200 valence electrons. The molecule has 0 saturated carbocycles. The minimum absolute atomic E-state index is 0.128. The molecule has 0 saturated heterocycles. The molecule has 1 heterocycles. The van der Waals surface area contributed by atoms with Gasteiger partial charge in [-0.15, -0.1) is 23.1 Å². The second kappa shape index (κ2) is 11.7. The zero-order valence-electron chi connectivity index (χ0n) is 21.9. The number of hydrogen-bond acceptors (Lipinski definition) is 6. The van der Waals surface area contributed by atoms with E-state index >= 15 is 0 Å². The first-order valence-electron chi connectivity index (χ1n) is 12.4. The van der Waals surface area contributed by atoms with Crippen molar-refractivity contribution < 1.29 is 23.5 Å². The van der Waals surface area contributed by atoms with E-state index in [2.05, 4.69) is 31.4 Å². The van der Waals surface area contributed by atoms with E-state index in [0.717, 1.165) is 34.6 Å². The van der Waals surface area contributed by atoms with Crippen molar-refractivity contribution in [2.75, 3.05) is 23.5 Å². The summed E-state index contributed by atoms with van der Waals surface area (Å²) in [4.78, 5) is 39.9. The van der Waals surface area contributed by atoms with Gasteiger partial charge in [-0.05, 0) is 78.6 Å². The number of rotatable bonds is 7. The molecule has 1 atom stereocenters. The molecule has 0 aliphatic heterocycles. The summed E-state index contributed by atoms with van der Waals surface area (Å²) in [6.45, 7) is 6.71. The van der Waals surface area contributed by atoms with E-state index in [9.17, 15) is 18.8 Å². The summed E-state index contributed by atoms with van der Waals surface area (Å²) < 4.78 is 18.2. The van der Waals surface area contributed by atoms with Crippen LogP contribution >= 0.6 is 23.1 Å². The number of thiophene rings is 1. The molecule has 0 spiro atoms. The lowest BCUT2D eigenvalue weighted by Crippen LogP contribution is -2.26. The SMILES string of the molecule is COC(=O)c1c(NC(=O)CSc2cccc(NC(=O)c3ccc(F)cc3)c2)sc2c1CCC(C(C)(C)C)C2. The molecular weight excluding hydrogens is 523 g/mol. The minimum Gasteiger partial charge on any atom is -0.465 e. The van der Waals surface area contributed by atoms with E-state index in [1.165, 1.54) is 54.5 Å². The normalized spacial score (nSPS) is 14.9. The fourth-order valence-electron chi connectivity index (χ4n) is 4.51. The third-order valence-electron chi connectivity index (χ3n) is 6.70. The topological polar surface area (TPSA) is 84.5 Å². The summed E-state index contributed by atoms with van der Waals surface area (Å²) in [5.74, 6) is -0.780. The molecule has 38 heavy (non-hydrogen) atoms. The Hall–Kier alpha value is -3.17. The lowest BCUT2D eigenvalue weighted by Gasteiger charge is -2.33. The van der Waals surface area contributed by atoms with Crippen molar-refractivity contribution in [1.82, 2.24) is 0 Å². The van der Waals surface area contributed by atoms with E-state index in [4.69, 9.17) is 4.74 Å². The summed E-state index contributed by atoms with van der Waals surface area (Å²) in [5.41, 5.74) is 2.55. The number of amides is 2. The molecule has 6 nitrogen and oxygen atoms in total. The van der Waals surface area contributed by atoms with Crippen LogP contribution in [0.15, 0.2) is 53.4 Å². The van der Waals surface area contributed by atoms with Crippen LogP contribution in [0.5, 0.6) is 0 Å². The molecular formula is C29H31FN2O4S2. The van der Waals surface area contributed by atoms with Gasteiger partial charge in [0.2, 0.25) is 5.91 Å². The number of thioether (sulfide) groups is 1. The molecule has 0 fully saturated rings. The number of carbonyl (C=O) groups excluding carboxylic acids is 3. The third kappa shape index (κ3) is 6.63. The summed E-state index contributed by atoms with van der Waals surface area (Å²) >= 11 is 2.79. The molecule has 1 unspecified atom stereocenters. The Morgan fingerprint density at radius 2 is 1.84 bits per heavy atom. The van der Waals surface area contributed by atoms with Gasteiger partial charge in [0.1, 0.15) is 10.8 Å². The third-order valence-corrected chi connectivity index (χ3v) is 8.86. The highest BCUT2D eigenvalue weighted by Crippen LogP contribution is 2.44. The zero-order chi connectivity index (χ0) is 27.4. The zero-order valence-corrected chi connectivity index (χ0v) is 23.5. The van der Waals surface area contributed by atoms with Crippen molar-refractivity contribution in [3.63, 3.8) is 0 Å². The van der Waals surface area contributed by atoms with Crippen molar-refractivity contribution in [3.8, 4) is 0 Å². The van der Waals surface area contributed by atoms with Crippen LogP contribution in [0.25, 0.3) is 0 Å². The predicted octanol–water partition coefficient (Wildman–Crippen LogP) is 6.81. The lowest BCUT2D eigenvalue weighted by molar-refractivity contribution is -0.113. The summed E-state index contributed by atoms with van der Waals surface area (Å²) in [7, 11) is 1.36. The first-order valence-corrected chi connectivity index (χ1v) is 14.2. The average Bonchev–Trinajstić information content (AvgIpc) is 3.24. The van der Waals surface area contributed by atoms with Crippen LogP contribution in [0.3, 0.4) is 0 Å². The number of halogens is 1. The summed E-state index contributed by atoms with van der Waals surface area (Å²) in [5, 5.41) is 6.27. The van der Waals surface area contributed by atoms with E-state index < -0.39 is 11.8 Å². The highest BCUT2D eigenvalue weighted by molar-refractivity contribution is 8.00. The van der Waals surface area contributed by atoms with E-state index in [1.807, 2.05) is 6.07 Å². The number of esters is 1. The van der Waals surface area contributed by atoms with Gasteiger partial charge in [0.05, 0.1) is 18.4 Å². The van der Waals surface area contributed by atoms with Crippen LogP contribution in [0, 0.1) is 17.2 Å². The lowest BCUT2D eigenvalue weighted by atomic mass is 9.72. The highest BCUT2D eigenvalue weighted by Gasteiger charge is 2.34. The molecule has 2 N–H and O–H groups in total. The Kier molecular flexibility index (Phi) is 8.57. The van der Waals surface area contributed by atoms with E-state index in [1.54, 1.807) is 18.2 Å². The maximum Gasteiger partial charge on any atom is 0.341 e. The molecule has 3 aromatic rings.